The van der Waals surface area contributed by atoms with Crippen LogP contribution in [0.3, 0.4) is 0 Å². The van der Waals surface area contributed by atoms with Crippen molar-refractivity contribution in [3.63, 3.8) is 0 Å². The third-order valence-corrected chi connectivity index (χ3v) is 5.95. The number of hydrogen-bond acceptors (Lipinski definition) is 3. The molecule has 1 heterocycles. The molecule has 16 heavy (non-hydrogen) atoms. The Morgan fingerprint density at radius 3 is 2.88 bits per heavy atom. The van der Waals surface area contributed by atoms with Crippen LogP contribution in [0, 0.1) is 5.41 Å². The van der Waals surface area contributed by atoms with Gasteiger partial charge in [-0.05, 0) is 39.7 Å². The van der Waals surface area contributed by atoms with Crippen LogP contribution < -0.4 is 10.0 Å². The van der Waals surface area contributed by atoms with Gasteiger partial charge in [0.2, 0.25) is 10.0 Å². The summed E-state index contributed by atoms with van der Waals surface area (Å²) in [6.45, 7) is 5.09. The van der Waals surface area contributed by atoms with Crippen LogP contribution in [0.15, 0.2) is 0 Å². The summed E-state index contributed by atoms with van der Waals surface area (Å²) < 4.78 is 26.3. The zero-order valence-corrected chi connectivity index (χ0v) is 10.9. The van der Waals surface area contributed by atoms with Crippen molar-refractivity contribution in [2.24, 2.45) is 5.41 Å². The van der Waals surface area contributed by atoms with E-state index in [4.69, 9.17) is 0 Å². The Labute approximate surface area is 98.2 Å². The van der Waals surface area contributed by atoms with Crippen molar-refractivity contribution in [3.8, 4) is 0 Å². The van der Waals surface area contributed by atoms with E-state index in [1.165, 1.54) is 12.8 Å². The molecular formula is C11H22N2O2S. The molecule has 1 saturated carbocycles. The summed E-state index contributed by atoms with van der Waals surface area (Å²) >= 11 is 0. The van der Waals surface area contributed by atoms with Crippen LogP contribution in [-0.2, 0) is 10.0 Å². The van der Waals surface area contributed by atoms with Crippen LogP contribution in [0.4, 0.5) is 0 Å². The van der Waals surface area contributed by atoms with E-state index in [0.717, 1.165) is 19.4 Å². The Hall–Kier alpha value is -0.130. The van der Waals surface area contributed by atoms with E-state index in [0.29, 0.717) is 12.6 Å². The van der Waals surface area contributed by atoms with Crippen molar-refractivity contribution in [1.29, 1.82) is 0 Å². The van der Waals surface area contributed by atoms with Crippen LogP contribution in [0.25, 0.3) is 0 Å². The molecule has 2 aliphatic rings. The molecule has 0 unspecified atom stereocenters. The predicted molar refractivity (Wildman–Crippen MR) is 64.8 cm³/mol. The molecule has 0 aromatic rings. The predicted octanol–water partition coefficient (Wildman–Crippen LogP) is 0.846. The summed E-state index contributed by atoms with van der Waals surface area (Å²) in [7, 11) is -3.11. The first-order chi connectivity index (χ1) is 7.46. The average Bonchev–Trinajstić information content (AvgIpc) is 2.72. The van der Waals surface area contributed by atoms with Crippen molar-refractivity contribution in [1.82, 2.24) is 10.0 Å². The lowest BCUT2D eigenvalue weighted by Gasteiger charge is -2.29. The largest absolute Gasteiger partial charge is 0.313 e. The maximum atomic E-state index is 11.7. The number of nitrogens with one attached hydrogen (secondary N) is 2. The summed E-state index contributed by atoms with van der Waals surface area (Å²) in [4.78, 5) is 0. The minimum absolute atomic E-state index is 0.196. The molecule has 1 aliphatic carbocycles. The first kappa shape index (κ1) is 12.3. The maximum absolute atomic E-state index is 11.7. The molecule has 0 spiro atoms. The molecule has 0 aromatic carbocycles. The zero-order chi connectivity index (χ0) is 11.8. The number of fused-ring (bicyclic) bond motifs is 1. The van der Waals surface area contributed by atoms with Gasteiger partial charge in [-0.2, -0.15) is 0 Å². The highest BCUT2D eigenvalue weighted by Crippen LogP contribution is 2.44. The molecule has 0 aromatic heterocycles. The second-order valence-electron chi connectivity index (χ2n) is 5.43. The molecule has 0 bridgehead atoms. The van der Waals surface area contributed by atoms with Gasteiger partial charge in [0.1, 0.15) is 0 Å². The molecule has 2 N–H and O–H groups in total. The first-order valence-electron chi connectivity index (χ1n) is 6.18. The lowest BCUT2D eigenvalue weighted by atomic mass is 9.83. The fourth-order valence-electron chi connectivity index (χ4n) is 2.96. The van der Waals surface area contributed by atoms with Crippen LogP contribution in [-0.4, -0.2) is 32.8 Å². The van der Waals surface area contributed by atoms with Crippen LogP contribution in [0.1, 0.15) is 39.5 Å². The third-order valence-electron chi connectivity index (χ3n) is 4.17. The Morgan fingerprint density at radius 2 is 2.19 bits per heavy atom. The number of rotatable bonds is 4. The molecule has 94 valence electrons. The zero-order valence-electron chi connectivity index (χ0n) is 10.1. The van der Waals surface area contributed by atoms with E-state index in [2.05, 4.69) is 10.0 Å². The van der Waals surface area contributed by atoms with Gasteiger partial charge in [-0.1, -0.05) is 6.42 Å². The van der Waals surface area contributed by atoms with Crippen molar-refractivity contribution >= 4 is 10.0 Å². The summed E-state index contributed by atoms with van der Waals surface area (Å²) in [5, 5.41) is 3.15. The quantitative estimate of drug-likeness (QED) is 0.773. The average molecular weight is 246 g/mol. The van der Waals surface area contributed by atoms with Gasteiger partial charge in [-0.15, -0.1) is 0 Å². The molecule has 1 saturated heterocycles. The number of sulfonamides is 1. The minimum Gasteiger partial charge on any atom is -0.313 e. The Balaban J connectivity index is 2.00. The van der Waals surface area contributed by atoms with E-state index in [-0.39, 0.29) is 10.7 Å². The maximum Gasteiger partial charge on any atom is 0.213 e. The smallest absolute Gasteiger partial charge is 0.213 e. The van der Waals surface area contributed by atoms with Gasteiger partial charge in [0.05, 0.1) is 5.25 Å². The monoisotopic (exact) mass is 246 g/mol. The molecule has 2 fully saturated rings. The van der Waals surface area contributed by atoms with E-state index < -0.39 is 10.0 Å². The van der Waals surface area contributed by atoms with Crippen molar-refractivity contribution in [2.75, 3.05) is 13.1 Å². The van der Waals surface area contributed by atoms with Crippen LogP contribution in [0.5, 0.6) is 0 Å². The van der Waals surface area contributed by atoms with Gasteiger partial charge >= 0.3 is 0 Å². The summed E-state index contributed by atoms with van der Waals surface area (Å²) in [5.74, 6) is 0. The Morgan fingerprint density at radius 1 is 1.44 bits per heavy atom. The molecular weight excluding hydrogens is 224 g/mol. The molecule has 4 nitrogen and oxygen atoms in total. The molecule has 1 aliphatic heterocycles. The number of hydrogen-bond donors (Lipinski definition) is 2. The van der Waals surface area contributed by atoms with Gasteiger partial charge in [-0.3, -0.25) is 0 Å². The highest BCUT2D eigenvalue weighted by atomic mass is 32.2. The van der Waals surface area contributed by atoms with Gasteiger partial charge in [-0.25, -0.2) is 13.1 Å². The molecule has 2 rings (SSSR count). The fraction of sp³-hybridized carbons (Fsp3) is 1.00. The van der Waals surface area contributed by atoms with Crippen molar-refractivity contribution < 1.29 is 8.42 Å². The van der Waals surface area contributed by atoms with Crippen LogP contribution in [0.2, 0.25) is 0 Å². The Bertz CT molecular complexity index is 341. The lowest BCUT2D eigenvalue weighted by molar-refractivity contribution is 0.287. The van der Waals surface area contributed by atoms with Crippen molar-refractivity contribution in [3.05, 3.63) is 0 Å². The molecule has 0 radical (unpaired) electrons. The standard InChI is InChI=1S/C11H22N2O2S/c1-9(2)16(14,15)13-8-11-5-3-4-10(11)12-7-6-11/h9-10,12-13H,3-8H2,1-2H3/t10-,11-/m1/s1. The van der Waals surface area contributed by atoms with E-state index in [1.807, 2.05) is 0 Å². The summed E-state index contributed by atoms with van der Waals surface area (Å²) in [5.41, 5.74) is 0.196. The van der Waals surface area contributed by atoms with Gasteiger partial charge < -0.3 is 5.32 Å². The van der Waals surface area contributed by atoms with Gasteiger partial charge in [0, 0.05) is 18.0 Å². The minimum atomic E-state index is -3.11. The normalized spacial score (nSPS) is 34.6. The highest BCUT2D eigenvalue weighted by Gasteiger charge is 2.46. The van der Waals surface area contributed by atoms with E-state index >= 15 is 0 Å². The fourth-order valence-corrected chi connectivity index (χ4v) is 3.78. The van der Waals surface area contributed by atoms with Gasteiger partial charge in [0.15, 0.2) is 0 Å². The second-order valence-corrected chi connectivity index (χ2v) is 7.75. The Kier molecular flexibility index (Phi) is 3.29. The first-order valence-corrected chi connectivity index (χ1v) is 7.73. The van der Waals surface area contributed by atoms with Crippen molar-refractivity contribution in [2.45, 2.75) is 50.8 Å². The van der Waals surface area contributed by atoms with E-state index in [9.17, 15) is 8.42 Å². The second kappa shape index (κ2) is 4.27. The highest BCUT2D eigenvalue weighted by molar-refractivity contribution is 7.90. The van der Waals surface area contributed by atoms with Crippen LogP contribution >= 0.6 is 0 Å². The topological polar surface area (TPSA) is 58.2 Å². The molecule has 5 heteroatoms. The van der Waals surface area contributed by atoms with Gasteiger partial charge in [0.25, 0.3) is 0 Å². The van der Waals surface area contributed by atoms with E-state index in [1.54, 1.807) is 13.8 Å². The molecule has 2 atom stereocenters. The summed E-state index contributed by atoms with van der Waals surface area (Å²) in [6.07, 6.45) is 4.69. The lowest BCUT2D eigenvalue weighted by Crippen LogP contribution is -2.43. The molecule has 0 amide bonds. The SMILES string of the molecule is CC(C)S(=O)(=O)NC[C@]12CCC[C@H]1NCC2. The summed E-state index contributed by atoms with van der Waals surface area (Å²) in [6, 6.07) is 0.530. The third kappa shape index (κ3) is 2.13.